The largest absolute Gasteiger partial charge is 0.507 e. The van der Waals surface area contributed by atoms with Crippen LogP contribution in [0.3, 0.4) is 0 Å². The van der Waals surface area contributed by atoms with E-state index in [4.69, 9.17) is 12.2 Å². The molecule has 3 rings (SSSR count). The van der Waals surface area contributed by atoms with Crippen molar-refractivity contribution < 1.29 is 9.90 Å². The Morgan fingerprint density at radius 2 is 1.50 bits per heavy atom. The summed E-state index contributed by atoms with van der Waals surface area (Å²) in [6.45, 7) is 12.4. The lowest BCUT2D eigenvalue weighted by atomic mass is 9.78. The summed E-state index contributed by atoms with van der Waals surface area (Å²) in [7, 11) is 0. The van der Waals surface area contributed by atoms with Gasteiger partial charge in [-0.05, 0) is 58.9 Å². The van der Waals surface area contributed by atoms with E-state index in [1.165, 1.54) is 11.8 Å². The molecule has 0 bridgehead atoms. The summed E-state index contributed by atoms with van der Waals surface area (Å²) >= 11 is 10.2. The summed E-state index contributed by atoms with van der Waals surface area (Å²) < 4.78 is 1.46. The maximum atomic E-state index is 13.1. The summed E-state index contributed by atoms with van der Waals surface area (Å²) in [6, 6.07) is 11.5. The van der Waals surface area contributed by atoms with Crippen LogP contribution in [0.15, 0.2) is 45.8 Å². The summed E-state index contributed by atoms with van der Waals surface area (Å²) in [4.78, 5) is 15.3. The minimum atomic E-state index is -0.232. The molecule has 0 unspecified atom stereocenters. The first-order chi connectivity index (χ1) is 13.8. The fourth-order valence-electron chi connectivity index (χ4n) is 3.32. The highest BCUT2D eigenvalue weighted by Crippen LogP contribution is 2.42. The van der Waals surface area contributed by atoms with Gasteiger partial charge in [0.2, 0.25) is 0 Å². The van der Waals surface area contributed by atoms with E-state index in [-0.39, 0.29) is 16.7 Å². The van der Waals surface area contributed by atoms with Crippen molar-refractivity contribution in [2.75, 3.05) is 4.90 Å². The average molecular weight is 505 g/mol. The van der Waals surface area contributed by atoms with Crippen LogP contribution in [-0.4, -0.2) is 15.3 Å². The molecule has 0 saturated carbocycles. The number of phenolic OH excluding ortho intramolecular Hbond substituents is 1. The molecule has 1 amide bonds. The van der Waals surface area contributed by atoms with Crippen LogP contribution in [0.4, 0.5) is 5.69 Å². The van der Waals surface area contributed by atoms with E-state index < -0.39 is 0 Å². The molecule has 0 atom stereocenters. The van der Waals surface area contributed by atoms with Crippen molar-refractivity contribution in [3.8, 4) is 5.75 Å². The molecule has 0 aromatic heterocycles. The summed E-state index contributed by atoms with van der Waals surface area (Å²) in [5.41, 5.74) is 2.91. The number of hydrogen-bond donors (Lipinski definition) is 1. The number of thiocarbonyl (C=S) groups is 1. The smallest absolute Gasteiger partial charge is 0.270 e. The minimum Gasteiger partial charge on any atom is -0.507 e. The molecule has 30 heavy (non-hydrogen) atoms. The monoisotopic (exact) mass is 503 g/mol. The number of benzene rings is 2. The second kappa shape index (κ2) is 8.13. The van der Waals surface area contributed by atoms with Crippen LogP contribution in [0.1, 0.15) is 58.2 Å². The molecule has 3 nitrogen and oxygen atoms in total. The van der Waals surface area contributed by atoms with Gasteiger partial charge in [0.1, 0.15) is 5.75 Å². The summed E-state index contributed by atoms with van der Waals surface area (Å²) in [5, 5.41) is 10.9. The molecule has 2 aromatic rings. The predicted molar refractivity (Wildman–Crippen MR) is 135 cm³/mol. The molecule has 2 aromatic carbocycles. The quantitative estimate of drug-likeness (QED) is 0.348. The summed E-state index contributed by atoms with van der Waals surface area (Å²) in [5.74, 6) is 0.199. The Morgan fingerprint density at radius 3 is 1.97 bits per heavy atom. The van der Waals surface area contributed by atoms with Gasteiger partial charge >= 0.3 is 0 Å². The SMILES string of the molecule is CC(C)(C)c1cc(/C=C2\SC(=S)N(c3ccc(Br)cc3)C2=O)cc(C(C)(C)C)c1O. The van der Waals surface area contributed by atoms with Gasteiger partial charge in [0.25, 0.3) is 5.91 Å². The van der Waals surface area contributed by atoms with Crippen molar-refractivity contribution in [3.63, 3.8) is 0 Å². The third-order valence-corrected chi connectivity index (χ3v) is 6.76. The first-order valence-corrected chi connectivity index (χ1v) is 11.7. The molecule has 1 aliphatic heterocycles. The molecule has 0 spiro atoms. The Balaban J connectivity index is 2.07. The maximum Gasteiger partial charge on any atom is 0.270 e. The van der Waals surface area contributed by atoms with Gasteiger partial charge in [-0.25, -0.2) is 0 Å². The van der Waals surface area contributed by atoms with E-state index in [1.54, 1.807) is 4.90 Å². The lowest BCUT2D eigenvalue weighted by molar-refractivity contribution is -0.113. The molecule has 1 heterocycles. The van der Waals surface area contributed by atoms with Gasteiger partial charge in [0, 0.05) is 15.6 Å². The van der Waals surface area contributed by atoms with Crippen LogP contribution in [0.5, 0.6) is 5.75 Å². The zero-order valence-electron chi connectivity index (χ0n) is 18.0. The molecule has 0 radical (unpaired) electrons. The minimum absolute atomic E-state index is 0.130. The number of anilines is 1. The van der Waals surface area contributed by atoms with E-state index in [9.17, 15) is 9.90 Å². The Bertz CT molecular complexity index is 1010. The topological polar surface area (TPSA) is 40.5 Å². The molecule has 1 saturated heterocycles. The number of rotatable bonds is 2. The molecular weight excluding hydrogens is 478 g/mol. The Labute approximate surface area is 196 Å². The van der Waals surface area contributed by atoms with E-state index >= 15 is 0 Å². The van der Waals surface area contributed by atoms with Crippen LogP contribution in [-0.2, 0) is 15.6 Å². The molecule has 1 aliphatic rings. The lowest BCUT2D eigenvalue weighted by Gasteiger charge is -2.28. The standard InChI is InChI=1S/C24H26BrNO2S2/c1-23(2,3)17-11-14(12-18(20(17)27)24(4,5)6)13-19-21(28)26(22(29)30-19)16-9-7-15(25)8-10-16/h7-13,27H,1-6H3/b19-13-. The van der Waals surface area contributed by atoms with E-state index in [0.717, 1.165) is 26.9 Å². The first-order valence-electron chi connectivity index (χ1n) is 9.70. The number of thioether (sulfide) groups is 1. The zero-order chi connectivity index (χ0) is 22.4. The number of hydrogen-bond acceptors (Lipinski definition) is 4. The molecule has 0 aliphatic carbocycles. The van der Waals surface area contributed by atoms with Gasteiger partial charge in [-0.15, -0.1) is 0 Å². The number of halogens is 1. The highest BCUT2D eigenvalue weighted by atomic mass is 79.9. The molecular formula is C24H26BrNO2S2. The molecule has 158 valence electrons. The number of carbonyl (C=O) groups is 1. The first kappa shape index (κ1) is 23.0. The van der Waals surface area contributed by atoms with Crippen LogP contribution in [0.2, 0.25) is 0 Å². The highest BCUT2D eigenvalue weighted by Gasteiger charge is 2.34. The molecule has 6 heteroatoms. The van der Waals surface area contributed by atoms with Gasteiger partial charge < -0.3 is 5.11 Å². The van der Waals surface area contributed by atoms with Crippen molar-refractivity contribution in [2.45, 2.75) is 52.4 Å². The van der Waals surface area contributed by atoms with Crippen molar-refractivity contribution >= 4 is 61.9 Å². The highest BCUT2D eigenvalue weighted by molar-refractivity contribution is 9.10. The normalized spacial score (nSPS) is 16.6. The van der Waals surface area contributed by atoms with Crippen molar-refractivity contribution in [1.29, 1.82) is 0 Å². The average Bonchev–Trinajstić information content (AvgIpc) is 2.89. The number of carbonyl (C=O) groups excluding carboxylic acids is 1. The number of amides is 1. The van der Waals surface area contributed by atoms with Crippen LogP contribution in [0.25, 0.3) is 6.08 Å². The van der Waals surface area contributed by atoms with Crippen molar-refractivity contribution in [1.82, 2.24) is 0 Å². The lowest BCUT2D eigenvalue weighted by Crippen LogP contribution is -2.27. The Kier molecular flexibility index (Phi) is 6.25. The number of nitrogens with zero attached hydrogens (tertiary/aromatic N) is 1. The number of phenols is 1. The van der Waals surface area contributed by atoms with Gasteiger partial charge in [-0.2, -0.15) is 0 Å². The second-order valence-electron chi connectivity index (χ2n) is 9.46. The second-order valence-corrected chi connectivity index (χ2v) is 12.0. The van der Waals surface area contributed by atoms with Crippen molar-refractivity contribution in [3.05, 3.63) is 62.5 Å². The molecule has 1 fully saturated rings. The third kappa shape index (κ3) is 4.66. The zero-order valence-corrected chi connectivity index (χ0v) is 21.3. The molecule has 1 N–H and O–H groups in total. The van der Waals surface area contributed by atoms with Crippen LogP contribution < -0.4 is 4.90 Å². The van der Waals surface area contributed by atoms with E-state index in [0.29, 0.717) is 15.0 Å². The fraction of sp³-hybridized carbons (Fsp3) is 0.333. The van der Waals surface area contributed by atoms with Crippen LogP contribution in [0, 0.1) is 0 Å². The maximum absolute atomic E-state index is 13.1. The Morgan fingerprint density at radius 1 is 1.00 bits per heavy atom. The fourth-order valence-corrected chi connectivity index (χ4v) is 4.88. The van der Waals surface area contributed by atoms with E-state index in [1.807, 2.05) is 42.5 Å². The number of aromatic hydroxyl groups is 1. The van der Waals surface area contributed by atoms with Gasteiger partial charge in [0.05, 0.1) is 10.6 Å². The summed E-state index contributed by atoms with van der Waals surface area (Å²) in [6.07, 6.45) is 1.88. The predicted octanol–water partition coefficient (Wildman–Crippen LogP) is 7.16. The van der Waals surface area contributed by atoms with Crippen LogP contribution >= 0.6 is 39.9 Å². The van der Waals surface area contributed by atoms with Gasteiger partial charge in [-0.3, -0.25) is 9.69 Å². The van der Waals surface area contributed by atoms with Crippen molar-refractivity contribution in [2.24, 2.45) is 0 Å². The Hall–Kier alpha value is -1.63. The van der Waals surface area contributed by atoms with E-state index in [2.05, 4.69) is 57.5 Å². The third-order valence-electron chi connectivity index (χ3n) is 4.92. The van der Waals surface area contributed by atoms with Gasteiger partial charge in [0.15, 0.2) is 4.32 Å². The van der Waals surface area contributed by atoms with Gasteiger partial charge in [-0.1, -0.05) is 81.5 Å².